The third-order valence-electron chi connectivity index (χ3n) is 4.46. The zero-order valence-corrected chi connectivity index (χ0v) is 19.9. The van der Waals surface area contributed by atoms with Gasteiger partial charge in [0, 0.05) is 0 Å². The summed E-state index contributed by atoms with van der Waals surface area (Å²) in [6, 6.07) is 15.4. The smallest absolute Gasteiger partial charge is 0.544 e. The van der Waals surface area contributed by atoms with Crippen LogP contribution in [0.4, 0.5) is 8.78 Å². The fourth-order valence-electron chi connectivity index (χ4n) is 2.98. The molecule has 1 aliphatic rings. The first-order valence-corrected chi connectivity index (χ1v) is 8.88. The van der Waals surface area contributed by atoms with Crippen LogP contribution in [0.3, 0.4) is 0 Å². The summed E-state index contributed by atoms with van der Waals surface area (Å²) in [5.74, 6) is -9.45. The number of benzene rings is 2. The van der Waals surface area contributed by atoms with Crippen molar-refractivity contribution in [2.45, 2.75) is 37.8 Å². The Hall–Kier alpha value is -1.20. The molecule has 1 fully saturated rings. The molecule has 0 radical (unpaired) electrons. The van der Waals surface area contributed by atoms with Gasteiger partial charge in [-0.3, -0.25) is 0 Å². The molecule has 1 aliphatic heterocycles. The molecule has 1 saturated heterocycles. The topological polar surface area (TPSA) is 84.9 Å². The van der Waals surface area contributed by atoms with Crippen LogP contribution in [-0.2, 0) is 19.0 Å². The normalized spacial score (nSPS) is 18.9. The SMILES string of the molecule is CC1(C)OCC([C@@H](OC(=O)c2ccc(-c3ccccc3)cc2)C(F)(F)C(=O)[O-])O1.[K+]. The number of aliphatic carboxylic acids is 1. The standard InChI is InChI=1S/C21H20F2O6.K/c1-20(2)27-12-16(29-20)17(21(22,23)19(25)26)28-18(24)15-10-8-14(9-11-15)13-6-4-3-5-7-13;/h3-11,16-17H,12H2,1-2H3,(H,25,26);/q;+1/p-1/t16?,17-;/m1./s1. The molecule has 0 spiro atoms. The number of halogens is 2. The number of carbonyl (C=O) groups is 2. The first kappa shape index (κ1) is 25.1. The van der Waals surface area contributed by atoms with Gasteiger partial charge in [0.05, 0.1) is 12.2 Å². The molecule has 0 aromatic heterocycles. The molecule has 0 aliphatic carbocycles. The van der Waals surface area contributed by atoms with Gasteiger partial charge in [0.2, 0.25) is 0 Å². The Kier molecular flexibility index (Phi) is 8.31. The van der Waals surface area contributed by atoms with E-state index in [1.807, 2.05) is 30.3 Å². The Balaban J connectivity index is 0.00000320. The van der Waals surface area contributed by atoms with Crippen molar-refractivity contribution in [1.82, 2.24) is 0 Å². The molecule has 2 aromatic rings. The predicted molar refractivity (Wildman–Crippen MR) is 95.9 cm³/mol. The Bertz CT molecular complexity index is 886. The monoisotopic (exact) mass is 444 g/mol. The summed E-state index contributed by atoms with van der Waals surface area (Å²) in [7, 11) is 0. The van der Waals surface area contributed by atoms with Crippen LogP contribution < -0.4 is 56.5 Å². The van der Waals surface area contributed by atoms with Gasteiger partial charge in [0.15, 0.2) is 11.9 Å². The van der Waals surface area contributed by atoms with Gasteiger partial charge in [0.1, 0.15) is 12.1 Å². The number of rotatable bonds is 6. The van der Waals surface area contributed by atoms with Crippen molar-refractivity contribution in [3.8, 4) is 11.1 Å². The molecule has 0 amide bonds. The molecule has 2 aromatic carbocycles. The molecule has 2 atom stereocenters. The number of hydrogen-bond donors (Lipinski definition) is 0. The van der Waals surface area contributed by atoms with Crippen molar-refractivity contribution in [2.24, 2.45) is 0 Å². The summed E-state index contributed by atoms with van der Waals surface area (Å²) in [5.41, 5.74) is 1.71. The average molecular weight is 444 g/mol. The number of esters is 1. The summed E-state index contributed by atoms with van der Waals surface area (Å²) in [6.45, 7) is 2.59. The summed E-state index contributed by atoms with van der Waals surface area (Å²) in [4.78, 5) is 23.4. The van der Waals surface area contributed by atoms with Gasteiger partial charge in [0.25, 0.3) is 0 Å². The Labute approximate surface area is 214 Å². The van der Waals surface area contributed by atoms with Crippen molar-refractivity contribution in [3.05, 3.63) is 60.2 Å². The summed E-state index contributed by atoms with van der Waals surface area (Å²) < 4.78 is 43.8. The quantitative estimate of drug-likeness (QED) is 0.438. The third kappa shape index (κ3) is 5.73. The molecular formula is C21H19F2KO6. The molecule has 6 nitrogen and oxygen atoms in total. The van der Waals surface area contributed by atoms with Gasteiger partial charge in [-0.15, -0.1) is 0 Å². The van der Waals surface area contributed by atoms with E-state index >= 15 is 0 Å². The Morgan fingerprint density at radius 1 is 1.10 bits per heavy atom. The van der Waals surface area contributed by atoms with E-state index in [1.165, 1.54) is 26.0 Å². The number of carboxylic acids is 1. The van der Waals surface area contributed by atoms with Gasteiger partial charge < -0.3 is 24.1 Å². The van der Waals surface area contributed by atoms with Crippen LogP contribution >= 0.6 is 0 Å². The van der Waals surface area contributed by atoms with E-state index in [1.54, 1.807) is 12.1 Å². The Morgan fingerprint density at radius 2 is 1.67 bits per heavy atom. The fraction of sp³-hybridized carbons (Fsp3) is 0.333. The minimum Gasteiger partial charge on any atom is -0.544 e. The molecule has 3 rings (SSSR count). The minimum atomic E-state index is -4.46. The van der Waals surface area contributed by atoms with Crippen LogP contribution in [0, 0.1) is 0 Å². The molecule has 9 heteroatoms. The van der Waals surface area contributed by atoms with Crippen LogP contribution in [0.15, 0.2) is 54.6 Å². The summed E-state index contributed by atoms with van der Waals surface area (Å²) >= 11 is 0. The first-order valence-electron chi connectivity index (χ1n) is 8.88. The van der Waals surface area contributed by atoms with Crippen LogP contribution in [0.2, 0.25) is 0 Å². The molecule has 0 saturated carbocycles. The zero-order valence-electron chi connectivity index (χ0n) is 16.8. The van der Waals surface area contributed by atoms with E-state index in [-0.39, 0.29) is 63.6 Å². The van der Waals surface area contributed by atoms with Crippen LogP contribution in [-0.4, -0.2) is 42.5 Å². The Morgan fingerprint density at radius 3 is 2.17 bits per heavy atom. The first-order chi connectivity index (χ1) is 13.6. The largest absolute Gasteiger partial charge is 1.00 e. The maximum absolute atomic E-state index is 14.2. The van der Waals surface area contributed by atoms with Crippen molar-refractivity contribution >= 4 is 11.9 Å². The van der Waals surface area contributed by atoms with Crippen molar-refractivity contribution in [1.29, 1.82) is 0 Å². The average Bonchev–Trinajstić information content (AvgIpc) is 3.05. The number of hydrogen-bond acceptors (Lipinski definition) is 6. The van der Waals surface area contributed by atoms with Gasteiger partial charge in [-0.1, -0.05) is 42.5 Å². The molecule has 1 heterocycles. The van der Waals surface area contributed by atoms with Gasteiger partial charge in [-0.2, -0.15) is 8.78 Å². The second kappa shape index (κ2) is 9.95. The van der Waals surface area contributed by atoms with Crippen LogP contribution in [0.25, 0.3) is 11.1 Å². The maximum Gasteiger partial charge on any atom is 1.00 e. The number of carbonyl (C=O) groups excluding carboxylic acids is 2. The van der Waals surface area contributed by atoms with Gasteiger partial charge in [-0.05, 0) is 37.1 Å². The summed E-state index contributed by atoms with van der Waals surface area (Å²) in [6.07, 6.45) is -3.87. The molecule has 0 N–H and O–H groups in total. The van der Waals surface area contributed by atoms with E-state index in [2.05, 4.69) is 0 Å². The second-order valence-corrected chi connectivity index (χ2v) is 7.05. The number of carboxylic acid groups (broad SMARTS) is 1. The number of ether oxygens (including phenoxy) is 3. The molecular weight excluding hydrogens is 425 g/mol. The van der Waals surface area contributed by atoms with E-state index in [0.717, 1.165) is 11.1 Å². The van der Waals surface area contributed by atoms with Crippen molar-refractivity contribution < 1.29 is 89.1 Å². The van der Waals surface area contributed by atoms with Crippen molar-refractivity contribution in [2.75, 3.05) is 6.61 Å². The number of alkyl halides is 2. The van der Waals surface area contributed by atoms with E-state index in [0.29, 0.717) is 0 Å². The van der Waals surface area contributed by atoms with E-state index in [4.69, 9.17) is 14.2 Å². The second-order valence-electron chi connectivity index (χ2n) is 7.05. The predicted octanol–water partition coefficient (Wildman–Crippen LogP) is -0.580. The summed E-state index contributed by atoms with van der Waals surface area (Å²) in [5, 5.41) is 11.0. The van der Waals surface area contributed by atoms with Crippen molar-refractivity contribution in [3.63, 3.8) is 0 Å². The molecule has 1 unspecified atom stereocenters. The van der Waals surface area contributed by atoms with E-state index in [9.17, 15) is 23.5 Å². The van der Waals surface area contributed by atoms with Gasteiger partial charge in [-0.25, -0.2) is 4.79 Å². The molecule has 0 bridgehead atoms. The molecule has 30 heavy (non-hydrogen) atoms. The fourth-order valence-corrected chi connectivity index (χ4v) is 2.98. The zero-order chi connectivity index (χ0) is 21.2. The van der Waals surface area contributed by atoms with Gasteiger partial charge >= 0.3 is 63.3 Å². The third-order valence-corrected chi connectivity index (χ3v) is 4.46. The van der Waals surface area contributed by atoms with Crippen LogP contribution in [0.1, 0.15) is 24.2 Å². The van der Waals surface area contributed by atoms with E-state index < -0.39 is 35.9 Å². The maximum atomic E-state index is 14.2. The minimum absolute atomic E-state index is 0. The van der Waals surface area contributed by atoms with Crippen LogP contribution in [0.5, 0.6) is 0 Å². The molecule has 154 valence electrons.